The number of hydrazone groups is 1. The van der Waals surface area contributed by atoms with Crippen molar-refractivity contribution in [1.82, 2.24) is 9.97 Å². The van der Waals surface area contributed by atoms with Crippen LogP contribution < -0.4 is 10.3 Å². The maximum atomic E-state index is 5.35. The molecule has 1 aliphatic heterocycles. The molecular formula is C16H19N5O. The number of hydrogen-bond donors (Lipinski definition) is 1. The molecule has 6 nitrogen and oxygen atoms in total. The molecule has 0 radical (unpaired) electrons. The minimum Gasteiger partial charge on any atom is -0.378 e. The summed E-state index contributed by atoms with van der Waals surface area (Å²) in [6.07, 6.45) is 3.33. The van der Waals surface area contributed by atoms with Gasteiger partial charge in [-0.1, -0.05) is 29.8 Å². The van der Waals surface area contributed by atoms with Gasteiger partial charge in [-0.2, -0.15) is 5.10 Å². The molecule has 6 heteroatoms. The van der Waals surface area contributed by atoms with Gasteiger partial charge in [-0.15, -0.1) is 0 Å². The molecule has 3 rings (SSSR count). The Kier molecular flexibility index (Phi) is 4.60. The third-order valence-electron chi connectivity index (χ3n) is 3.42. The van der Waals surface area contributed by atoms with Crippen LogP contribution in [0, 0.1) is 6.92 Å². The molecule has 0 amide bonds. The van der Waals surface area contributed by atoms with Gasteiger partial charge in [0.1, 0.15) is 12.1 Å². The van der Waals surface area contributed by atoms with Crippen molar-refractivity contribution in [2.24, 2.45) is 5.10 Å². The van der Waals surface area contributed by atoms with Gasteiger partial charge in [-0.25, -0.2) is 9.97 Å². The SMILES string of the molecule is Cc1cccc(C=NNc2cc(N3CCOCC3)ncn2)c1. The lowest BCUT2D eigenvalue weighted by Crippen LogP contribution is -2.36. The third kappa shape index (κ3) is 3.79. The second-order valence-electron chi connectivity index (χ2n) is 5.15. The summed E-state index contributed by atoms with van der Waals surface area (Å²) in [4.78, 5) is 10.7. The second kappa shape index (κ2) is 7.00. The number of morpholine rings is 1. The van der Waals surface area contributed by atoms with Gasteiger partial charge in [0.2, 0.25) is 0 Å². The predicted octanol–water partition coefficient (Wildman–Crippen LogP) is 2.07. The standard InChI is InChI=1S/C16H19N5O/c1-13-3-2-4-14(9-13)11-19-20-15-10-16(18-12-17-15)21-5-7-22-8-6-21/h2-4,9-12H,5-8H2,1H3,(H,17,18,20). The summed E-state index contributed by atoms with van der Waals surface area (Å²) in [6, 6.07) is 10.1. The van der Waals surface area contributed by atoms with Crippen LogP contribution in [0.3, 0.4) is 0 Å². The zero-order chi connectivity index (χ0) is 15.2. The zero-order valence-electron chi connectivity index (χ0n) is 12.6. The van der Waals surface area contributed by atoms with Crippen LogP contribution in [0.1, 0.15) is 11.1 Å². The van der Waals surface area contributed by atoms with Gasteiger partial charge in [-0.05, 0) is 12.5 Å². The highest BCUT2D eigenvalue weighted by molar-refractivity contribution is 5.80. The molecule has 0 aliphatic carbocycles. The van der Waals surface area contributed by atoms with Crippen molar-refractivity contribution < 1.29 is 4.74 Å². The van der Waals surface area contributed by atoms with Crippen molar-refractivity contribution in [2.45, 2.75) is 6.92 Å². The van der Waals surface area contributed by atoms with Gasteiger partial charge >= 0.3 is 0 Å². The smallest absolute Gasteiger partial charge is 0.151 e. The predicted molar refractivity (Wildman–Crippen MR) is 87.5 cm³/mol. The number of nitrogens with zero attached hydrogens (tertiary/aromatic N) is 4. The van der Waals surface area contributed by atoms with Gasteiger partial charge in [0.05, 0.1) is 19.4 Å². The molecule has 1 N–H and O–H groups in total. The van der Waals surface area contributed by atoms with E-state index in [0.717, 1.165) is 37.7 Å². The fourth-order valence-electron chi connectivity index (χ4n) is 2.30. The second-order valence-corrected chi connectivity index (χ2v) is 5.15. The number of aromatic nitrogens is 2. The first-order valence-corrected chi connectivity index (χ1v) is 7.32. The number of nitrogens with one attached hydrogen (secondary N) is 1. The number of rotatable bonds is 4. The van der Waals surface area contributed by atoms with Gasteiger partial charge in [0, 0.05) is 19.2 Å². The Morgan fingerprint density at radius 3 is 2.91 bits per heavy atom. The minimum absolute atomic E-state index is 0.681. The molecule has 0 unspecified atom stereocenters. The largest absolute Gasteiger partial charge is 0.378 e. The van der Waals surface area contributed by atoms with E-state index in [9.17, 15) is 0 Å². The molecule has 1 fully saturated rings. The molecule has 114 valence electrons. The Morgan fingerprint density at radius 2 is 2.09 bits per heavy atom. The van der Waals surface area contributed by atoms with Crippen LogP contribution in [-0.2, 0) is 4.74 Å². The zero-order valence-corrected chi connectivity index (χ0v) is 12.6. The Hall–Kier alpha value is -2.47. The fraction of sp³-hybridized carbons (Fsp3) is 0.312. The summed E-state index contributed by atoms with van der Waals surface area (Å²) in [5.74, 6) is 1.58. The molecule has 0 atom stereocenters. The van der Waals surface area contributed by atoms with Crippen LogP contribution in [-0.4, -0.2) is 42.5 Å². The van der Waals surface area contributed by atoms with Crippen molar-refractivity contribution in [1.29, 1.82) is 0 Å². The Balaban J connectivity index is 1.65. The van der Waals surface area contributed by atoms with E-state index in [4.69, 9.17) is 4.74 Å². The quantitative estimate of drug-likeness (QED) is 0.691. The van der Waals surface area contributed by atoms with Crippen molar-refractivity contribution in [3.8, 4) is 0 Å². The average Bonchev–Trinajstić information content (AvgIpc) is 2.56. The van der Waals surface area contributed by atoms with Crippen LogP contribution in [0.2, 0.25) is 0 Å². The highest BCUT2D eigenvalue weighted by atomic mass is 16.5. The number of benzene rings is 1. The van der Waals surface area contributed by atoms with E-state index in [-0.39, 0.29) is 0 Å². The highest BCUT2D eigenvalue weighted by Gasteiger charge is 2.12. The van der Waals surface area contributed by atoms with Crippen LogP contribution in [0.4, 0.5) is 11.6 Å². The number of ether oxygens (including phenoxy) is 1. The monoisotopic (exact) mass is 297 g/mol. The van der Waals surface area contributed by atoms with Crippen molar-refractivity contribution in [3.63, 3.8) is 0 Å². The van der Waals surface area contributed by atoms with E-state index in [2.05, 4.69) is 44.5 Å². The summed E-state index contributed by atoms with van der Waals surface area (Å²) in [7, 11) is 0. The molecule has 0 spiro atoms. The summed E-state index contributed by atoms with van der Waals surface area (Å²) >= 11 is 0. The van der Waals surface area contributed by atoms with Crippen LogP contribution in [0.15, 0.2) is 41.8 Å². The first-order valence-electron chi connectivity index (χ1n) is 7.32. The van der Waals surface area contributed by atoms with E-state index < -0.39 is 0 Å². The minimum atomic E-state index is 0.681. The van der Waals surface area contributed by atoms with E-state index in [1.165, 1.54) is 5.56 Å². The van der Waals surface area contributed by atoms with Crippen LogP contribution >= 0.6 is 0 Å². The molecule has 1 saturated heterocycles. The number of hydrogen-bond acceptors (Lipinski definition) is 6. The summed E-state index contributed by atoms with van der Waals surface area (Å²) < 4.78 is 5.35. The lowest BCUT2D eigenvalue weighted by atomic mass is 10.2. The lowest BCUT2D eigenvalue weighted by molar-refractivity contribution is 0.122. The maximum Gasteiger partial charge on any atom is 0.151 e. The van der Waals surface area contributed by atoms with Crippen molar-refractivity contribution in [2.75, 3.05) is 36.6 Å². The topological polar surface area (TPSA) is 62.6 Å². The first kappa shape index (κ1) is 14.5. The highest BCUT2D eigenvalue weighted by Crippen LogP contribution is 2.15. The third-order valence-corrected chi connectivity index (χ3v) is 3.42. The molecule has 1 aromatic heterocycles. The summed E-state index contributed by atoms with van der Waals surface area (Å²) in [6.45, 7) is 5.23. The van der Waals surface area contributed by atoms with Crippen LogP contribution in [0.25, 0.3) is 0 Å². The van der Waals surface area contributed by atoms with Crippen LogP contribution in [0.5, 0.6) is 0 Å². The number of aryl methyl sites for hydroxylation is 1. The van der Waals surface area contributed by atoms with E-state index in [0.29, 0.717) is 5.82 Å². The molecule has 1 aromatic carbocycles. The van der Waals surface area contributed by atoms with Gasteiger partial charge in [0.25, 0.3) is 0 Å². The van der Waals surface area contributed by atoms with Gasteiger partial charge < -0.3 is 9.64 Å². The summed E-state index contributed by atoms with van der Waals surface area (Å²) in [5, 5.41) is 4.23. The Bertz CT molecular complexity index is 652. The maximum absolute atomic E-state index is 5.35. The van der Waals surface area contributed by atoms with Gasteiger partial charge in [-0.3, -0.25) is 5.43 Å². The first-order chi connectivity index (χ1) is 10.8. The number of anilines is 2. The molecule has 2 aromatic rings. The molecule has 1 aliphatic rings. The van der Waals surface area contributed by atoms with E-state index in [1.807, 2.05) is 18.2 Å². The van der Waals surface area contributed by atoms with Crippen molar-refractivity contribution >= 4 is 17.9 Å². The average molecular weight is 297 g/mol. The summed E-state index contributed by atoms with van der Waals surface area (Å²) in [5.41, 5.74) is 5.21. The molecule has 22 heavy (non-hydrogen) atoms. The Labute approximate surface area is 129 Å². The molecule has 0 bridgehead atoms. The van der Waals surface area contributed by atoms with E-state index >= 15 is 0 Å². The molecule has 2 heterocycles. The van der Waals surface area contributed by atoms with E-state index in [1.54, 1.807) is 12.5 Å². The Morgan fingerprint density at radius 1 is 1.23 bits per heavy atom. The molecular weight excluding hydrogens is 278 g/mol. The fourth-order valence-corrected chi connectivity index (χ4v) is 2.30. The van der Waals surface area contributed by atoms with Gasteiger partial charge in [0.15, 0.2) is 5.82 Å². The van der Waals surface area contributed by atoms with Crippen molar-refractivity contribution in [3.05, 3.63) is 47.8 Å². The normalized spacial score (nSPS) is 15.2. The lowest BCUT2D eigenvalue weighted by Gasteiger charge is -2.27. The molecule has 0 saturated carbocycles.